The number of anilines is 2. The number of nitrogens with zero attached hydrogens (tertiary/aromatic N) is 4. The third-order valence-electron chi connectivity index (χ3n) is 10.1. The number of para-hydroxylation sites is 1. The monoisotopic (exact) mass is 774 g/mol. The van der Waals surface area contributed by atoms with E-state index in [0.29, 0.717) is 49.9 Å². The van der Waals surface area contributed by atoms with Crippen LogP contribution in [0.15, 0.2) is 172 Å². The normalized spacial score (nSPS) is 12.1. The van der Waals surface area contributed by atoms with Gasteiger partial charge in [-0.3, -0.25) is 19.9 Å². The molecule has 8 aromatic rings. The van der Waals surface area contributed by atoms with Gasteiger partial charge in [0.1, 0.15) is 23.7 Å². The summed E-state index contributed by atoms with van der Waals surface area (Å²) in [6, 6.07) is 45.5. The Kier molecular flexibility index (Phi) is 9.61. The number of carbonyl (C=O) groups is 2. The number of carbonyl (C=O) groups excluding carboxylic acids is 2. The maximum absolute atomic E-state index is 13.8. The fraction of sp³-hybridized carbons (Fsp3) is 0.0417. The Labute approximate surface area is 338 Å². The molecule has 0 fully saturated rings. The minimum Gasteiger partial charge on any atom is -0.505 e. The predicted octanol–water partition coefficient (Wildman–Crippen LogP) is 12.6. The van der Waals surface area contributed by atoms with Crippen molar-refractivity contribution in [1.29, 1.82) is 0 Å². The van der Waals surface area contributed by atoms with Gasteiger partial charge in [0.25, 0.3) is 5.91 Å². The van der Waals surface area contributed by atoms with Crippen molar-refractivity contribution >= 4 is 67.4 Å². The molecule has 0 aromatic heterocycles. The van der Waals surface area contributed by atoms with Crippen molar-refractivity contribution in [3.05, 3.63) is 179 Å². The molecule has 59 heavy (non-hydrogen) atoms. The molecular formula is C48H34N6O5. The number of benzene rings is 8. The minimum absolute atomic E-state index is 0.0466. The van der Waals surface area contributed by atoms with Gasteiger partial charge in [-0.1, -0.05) is 91.0 Å². The molecule has 1 amide bonds. The van der Waals surface area contributed by atoms with Gasteiger partial charge >= 0.3 is 0 Å². The molecule has 4 N–H and O–H groups in total. The van der Waals surface area contributed by atoms with Gasteiger partial charge in [-0.2, -0.15) is 10.2 Å². The third-order valence-corrected chi connectivity index (χ3v) is 10.1. The van der Waals surface area contributed by atoms with Gasteiger partial charge in [0, 0.05) is 33.2 Å². The van der Waals surface area contributed by atoms with E-state index in [1.54, 1.807) is 60.7 Å². The van der Waals surface area contributed by atoms with E-state index in [1.165, 1.54) is 0 Å². The topological polar surface area (TPSA) is 157 Å². The summed E-state index contributed by atoms with van der Waals surface area (Å²) < 4.78 is 0. The number of amides is 1. The molecule has 1 aliphatic rings. The molecule has 0 saturated heterocycles. The molecule has 8 aromatic carbocycles. The van der Waals surface area contributed by atoms with Crippen molar-refractivity contribution < 1.29 is 24.6 Å². The lowest BCUT2D eigenvalue weighted by Gasteiger charge is -2.12. The number of hydrogen-bond acceptors (Lipinski definition) is 10. The molecule has 11 heteroatoms. The van der Waals surface area contributed by atoms with E-state index < -0.39 is 5.91 Å². The zero-order valence-corrected chi connectivity index (χ0v) is 31.5. The highest BCUT2D eigenvalue weighted by molar-refractivity contribution is 6.22. The molecule has 11 nitrogen and oxygen atoms in total. The van der Waals surface area contributed by atoms with Crippen LogP contribution in [0.5, 0.6) is 11.5 Å². The van der Waals surface area contributed by atoms with E-state index in [2.05, 4.69) is 31.3 Å². The number of aryl methyl sites for hydroxylation is 1. The van der Waals surface area contributed by atoms with Crippen LogP contribution < -0.4 is 10.8 Å². The fourth-order valence-electron chi connectivity index (χ4n) is 7.20. The van der Waals surface area contributed by atoms with E-state index in [4.69, 9.17) is 4.84 Å². The number of fused-ring (bicyclic) bond motifs is 5. The molecule has 0 aliphatic heterocycles. The molecule has 1 aliphatic carbocycles. The zero-order valence-electron chi connectivity index (χ0n) is 31.5. The van der Waals surface area contributed by atoms with Crippen molar-refractivity contribution in [1.82, 2.24) is 0 Å². The summed E-state index contributed by atoms with van der Waals surface area (Å²) in [4.78, 5) is 32.9. The first-order valence-electron chi connectivity index (χ1n) is 18.8. The van der Waals surface area contributed by atoms with Crippen LogP contribution >= 0.6 is 0 Å². The van der Waals surface area contributed by atoms with Crippen LogP contribution in [0.1, 0.15) is 37.4 Å². The second-order valence-corrected chi connectivity index (χ2v) is 14.1. The first-order valence-corrected chi connectivity index (χ1v) is 18.8. The Morgan fingerprint density at radius 2 is 1.15 bits per heavy atom. The molecule has 0 saturated carbocycles. The van der Waals surface area contributed by atoms with Crippen molar-refractivity contribution in [3.8, 4) is 22.6 Å². The lowest BCUT2D eigenvalue weighted by atomic mass is 10.0. The van der Waals surface area contributed by atoms with E-state index in [1.807, 2.05) is 97.9 Å². The number of nitrogens with one attached hydrogen (secondary N) is 2. The quantitative estimate of drug-likeness (QED) is 0.0800. The van der Waals surface area contributed by atoms with E-state index in [0.717, 1.165) is 27.8 Å². The Bertz CT molecular complexity index is 3040. The average Bonchev–Trinajstić information content (AvgIpc) is 3.53. The second-order valence-electron chi connectivity index (χ2n) is 14.1. The van der Waals surface area contributed by atoms with Crippen molar-refractivity contribution in [2.75, 3.05) is 10.8 Å². The molecule has 0 spiro atoms. The standard InChI is InChI=1S/C48H34N6O5/c1-28-10-9-15-35(22-28)54-59-27-31-23-29-11-5-7-16-36(29)43(45(31)55)52-50-33-18-20-38-39-21-19-34(26-41(39)46(56)40(38)25-33)51-53-44-37-17-8-6-12-30(37)24-42(47(44)57)48(58)49-32-13-3-2-4-14-32/h2-26,54-55,57H,27H2,1H3,(H,49,58). The molecule has 9 rings (SSSR count). The number of rotatable bonds is 10. The highest BCUT2D eigenvalue weighted by Gasteiger charge is 2.27. The Morgan fingerprint density at radius 3 is 1.80 bits per heavy atom. The first kappa shape index (κ1) is 36.6. The average molecular weight is 775 g/mol. The largest absolute Gasteiger partial charge is 0.505 e. The lowest BCUT2D eigenvalue weighted by molar-refractivity contribution is 0.102. The summed E-state index contributed by atoms with van der Waals surface area (Å²) in [6.07, 6.45) is 0. The van der Waals surface area contributed by atoms with Crippen LogP contribution in [0.3, 0.4) is 0 Å². The molecule has 0 bridgehead atoms. The number of hydrogen-bond donors (Lipinski definition) is 4. The Morgan fingerprint density at radius 1 is 0.576 bits per heavy atom. The van der Waals surface area contributed by atoms with Crippen molar-refractivity contribution in [3.63, 3.8) is 0 Å². The van der Waals surface area contributed by atoms with Crippen LogP contribution in [0.4, 0.5) is 34.1 Å². The highest BCUT2D eigenvalue weighted by atomic mass is 16.6. The van der Waals surface area contributed by atoms with Crippen LogP contribution in [0, 0.1) is 6.92 Å². The summed E-state index contributed by atoms with van der Waals surface area (Å²) in [6.45, 7) is 2.06. The fourth-order valence-corrected chi connectivity index (χ4v) is 7.20. The van der Waals surface area contributed by atoms with Gasteiger partial charge < -0.3 is 15.5 Å². The number of azo groups is 2. The minimum atomic E-state index is -0.494. The second kappa shape index (κ2) is 15.5. The molecule has 0 heterocycles. The number of ketones is 1. The van der Waals surface area contributed by atoms with Crippen LogP contribution in [-0.4, -0.2) is 21.9 Å². The Hall–Kier alpha value is -8.02. The highest BCUT2D eigenvalue weighted by Crippen LogP contribution is 2.44. The summed E-state index contributed by atoms with van der Waals surface area (Å²) in [5.41, 5.74) is 9.53. The molecule has 0 atom stereocenters. The van der Waals surface area contributed by atoms with Crippen LogP contribution in [0.2, 0.25) is 0 Å². The SMILES string of the molecule is Cc1cccc(NOCc2cc3ccccc3c(N=Nc3ccc4c(c3)C(=O)c3cc(N=Nc5c(O)c(C(=O)Nc6ccccc6)cc6ccccc56)ccc3-4)c2O)c1. The predicted molar refractivity (Wildman–Crippen MR) is 229 cm³/mol. The summed E-state index contributed by atoms with van der Waals surface area (Å²) in [5, 5.41) is 46.1. The van der Waals surface area contributed by atoms with Crippen LogP contribution in [-0.2, 0) is 11.4 Å². The molecule has 286 valence electrons. The Balaban J connectivity index is 0.969. The van der Waals surface area contributed by atoms with Crippen molar-refractivity contribution in [2.24, 2.45) is 20.5 Å². The molecule has 0 radical (unpaired) electrons. The summed E-state index contributed by atoms with van der Waals surface area (Å²) >= 11 is 0. The van der Waals surface area contributed by atoms with Gasteiger partial charge in [0.15, 0.2) is 11.5 Å². The van der Waals surface area contributed by atoms with Gasteiger partial charge in [-0.15, -0.1) is 10.2 Å². The van der Waals surface area contributed by atoms with Gasteiger partial charge in [0.2, 0.25) is 0 Å². The van der Waals surface area contributed by atoms with Gasteiger partial charge in [0.05, 0.1) is 22.6 Å². The van der Waals surface area contributed by atoms with Gasteiger partial charge in [-0.05, 0) is 95.1 Å². The van der Waals surface area contributed by atoms with Crippen LogP contribution in [0.25, 0.3) is 32.7 Å². The maximum atomic E-state index is 13.8. The van der Waals surface area contributed by atoms with Gasteiger partial charge in [-0.25, -0.2) is 0 Å². The first-order chi connectivity index (χ1) is 28.8. The van der Waals surface area contributed by atoms with E-state index in [-0.39, 0.29) is 40.8 Å². The molecular weight excluding hydrogens is 741 g/mol. The summed E-state index contributed by atoms with van der Waals surface area (Å²) in [7, 11) is 0. The number of phenolic OH excluding ortho intramolecular Hbond substituents is 2. The third kappa shape index (κ3) is 7.25. The van der Waals surface area contributed by atoms with E-state index >= 15 is 0 Å². The summed E-state index contributed by atoms with van der Waals surface area (Å²) in [5.74, 6) is -1.09. The smallest absolute Gasteiger partial charge is 0.259 e. The molecule has 0 unspecified atom stereocenters. The zero-order chi connectivity index (χ0) is 40.5. The van der Waals surface area contributed by atoms with E-state index in [9.17, 15) is 19.8 Å². The van der Waals surface area contributed by atoms with Crippen molar-refractivity contribution in [2.45, 2.75) is 13.5 Å². The lowest BCUT2D eigenvalue weighted by Crippen LogP contribution is -2.12. The number of phenols is 2. The maximum Gasteiger partial charge on any atom is 0.259 e. The number of aromatic hydroxyl groups is 2.